The van der Waals surface area contributed by atoms with Crippen molar-refractivity contribution in [2.75, 3.05) is 33.2 Å². The highest BCUT2D eigenvalue weighted by Crippen LogP contribution is 2.29. The predicted octanol–water partition coefficient (Wildman–Crippen LogP) is 2.13. The van der Waals surface area contributed by atoms with Crippen molar-refractivity contribution < 1.29 is 9.90 Å². The van der Waals surface area contributed by atoms with Crippen molar-refractivity contribution in [3.8, 4) is 0 Å². The van der Waals surface area contributed by atoms with E-state index in [1.54, 1.807) is 0 Å². The second kappa shape index (κ2) is 6.03. The van der Waals surface area contributed by atoms with E-state index in [0.29, 0.717) is 0 Å². The molecule has 1 saturated heterocycles. The van der Waals surface area contributed by atoms with Gasteiger partial charge >= 0.3 is 5.97 Å². The van der Waals surface area contributed by atoms with Gasteiger partial charge in [-0.15, -0.1) is 0 Å². The smallest absolute Gasteiger partial charge is 0.325 e. The molecule has 1 aliphatic heterocycles. The van der Waals surface area contributed by atoms with Crippen LogP contribution in [0.15, 0.2) is 22.7 Å². The largest absolute Gasteiger partial charge is 0.480 e. The van der Waals surface area contributed by atoms with Gasteiger partial charge in [0.1, 0.15) is 6.04 Å². The Morgan fingerprint density at radius 1 is 1.32 bits per heavy atom. The van der Waals surface area contributed by atoms with Crippen molar-refractivity contribution >= 4 is 21.9 Å². The van der Waals surface area contributed by atoms with Crippen LogP contribution < -0.4 is 0 Å². The Balaban J connectivity index is 2.27. The Hall–Kier alpha value is -0.910. The maximum absolute atomic E-state index is 11.6. The maximum atomic E-state index is 11.6. The molecule has 1 aliphatic rings. The number of carboxylic acid groups (broad SMARTS) is 1. The molecule has 1 atom stereocenters. The lowest BCUT2D eigenvalue weighted by Crippen LogP contribution is -2.47. The highest BCUT2D eigenvalue weighted by atomic mass is 79.9. The standard InChI is InChI=1S/C14H19BrN2O2/c1-10-3-4-11(12(15)9-10)13(14(18)19)17-7-5-16(2)6-8-17/h3-4,9,13H,5-8H2,1-2H3,(H,18,19). The minimum absolute atomic E-state index is 0.566. The van der Waals surface area contributed by atoms with Gasteiger partial charge in [-0.3, -0.25) is 9.69 Å². The third-order valence-electron chi connectivity index (χ3n) is 3.59. The van der Waals surface area contributed by atoms with E-state index in [1.165, 1.54) is 0 Å². The Labute approximate surface area is 122 Å². The number of hydrogen-bond acceptors (Lipinski definition) is 3. The van der Waals surface area contributed by atoms with Gasteiger partial charge in [0.15, 0.2) is 0 Å². The summed E-state index contributed by atoms with van der Waals surface area (Å²) in [4.78, 5) is 15.9. The van der Waals surface area contributed by atoms with Crippen molar-refractivity contribution in [2.45, 2.75) is 13.0 Å². The summed E-state index contributed by atoms with van der Waals surface area (Å²) in [5, 5.41) is 9.56. The van der Waals surface area contributed by atoms with Crippen molar-refractivity contribution in [1.29, 1.82) is 0 Å². The van der Waals surface area contributed by atoms with Crippen LogP contribution in [0.3, 0.4) is 0 Å². The Kier molecular flexibility index (Phi) is 4.60. The molecule has 0 radical (unpaired) electrons. The number of piperazine rings is 1. The van der Waals surface area contributed by atoms with E-state index in [-0.39, 0.29) is 0 Å². The number of aryl methyl sites for hydroxylation is 1. The van der Waals surface area contributed by atoms with E-state index in [1.807, 2.05) is 30.0 Å². The molecule has 0 saturated carbocycles. The van der Waals surface area contributed by atoms with Gasteiger partial charge in [-0.25, -0.2) is 0 Å². The zero-order chi connectivity index (χ0) is 14.0. The number of aliphatic carboxylic acids is 1. The third kappa shape index (κ3) is 3.35. The summed E-state index contributed by atoms with van der Waals surface area (Å²) in [5.41, 5.74) is 1.96. The number of benzene rings is 1. The van der Waals surface area contributed by atoms with Crippen LogP contribution in [-0.4, -0.2) is 54.1 Å². The molecule has 0 aromatic heterocycles. The SMILES string of the molecule is Cc1ccc(C(C(=O)O)N2CCN(C)CC2)c(Br)c1. The van der Waals surface area contributed by atoms with E-state index in [4.69, 9.17) is 0 Å². The number of nitrogens with zero attached hydrogens (tertiary/aromatic N) is 2. The molecule has 1 N–H and O–H groups in total. The average Bonchev–Trinajstić information content (AvgIpc) is 2.34. The highest BCUT2D eigenvalue weighted by Gasteiger charge is 2.30. The van der Waals surface area contributed by atoms with Gasteiger partial charge in [0, 0.05) is 30.7 Å². The molecule has 1 fully saturated rings. The second-order valence-corrected chi connectivity index (χ2v) is 5.96. The quantitative estimate of drug-likeness (QED) is 0.924. The van der Waals surface area contributed by atoms with Crippen LogP contribution in [0.4, 0.5) is 0 Å². The Bertz CT molecular complexity index is 471. The fourth-order valence-corrected chi connectivity index (χ4v) is 3.13. The molecule has 5 heteroatoms. The van der Waals surface area contributed by atoms with Crippen molar-refractivity contribution in [1.82, 2.24) is 9.80 Å². The van der Waals surface area contributed by atoms with Crippen LogP contribution >= 0.6 is 15.9 Å². The van der Waals surface area contributed by atoms with Crippen LogP contribution in [0, 0.1) is 6.92 Å². The number of hydrogen-bond donors (Lipinski definition) is 1. The molecule has 1 aromatic rings. The lowest BCUT2D eigenvalue weighted by molar-refractivity contribution is -0.144. The molecule has 0 spiro atoms. The predicted molar refractivity (Wildman–Crippen MR) is 78.3 cm³/mol. The van der Waals surface area contributed by atoms with Gasteiger partial charge in [-0.05, 0) is 31.2 Å². The maximum Gasteiger partial charge on any atom is 0.325 e. The minimum atomic E-state index is -0.783. The van der Waals surface area contributed by atoms with Crippen molar-refractivity contribution in [2.24, 2.45) is 0 Å². The van der Waals surface area contributed by atoms with E-state index < -0.39 is 12.0 Å². The summed E-state index contributed by atoms with van der Waals surface area (Å²) in [7, 11) is 2.06. The molecule has 1 unspecified atom stereocenters. The summed E-state index contributed by atoms with van der Waals surface area (Å²) in [6, 6.07) is 5.29. The first-order valence-corrected chi connectivity index (χ1v) is 7.20. The molecule has 1 heterocycles. The monoisotopic (exact) mass is 326 g/mol. The van der Waals surface area contributed by atoms with E-state index in [9.17, 15) is 9.90 Å². The number of halogens is 1. The van der Waals surface area contributed by atoms with Gasteiger partial charge in [-0.1, -0.05) is 28.1 Å². The first-order valence-electron chi connectivity index (χ1n) is 6.40. The zero-order valence-electron chi connectivity index (χ0n) is 11.3. The molecule has 19 heavy (non-hydrogen) atoms. The van der Waals surface area contributed by atoms with Crippen LogP contribution in [0.25, 0.3) is 0 Å². The molecule has 0 amide bonds. The van der Waals surface area contributed by atoms with Gasteiger partial charge < -0.3 is 10.0 Å². The van der Waals surface area contributed by atoms with Gasteiger partial charge in [0.25, 0.3) is 0 Å². The topological polar surface area (TPSA) is 43.8 Å². The van der Waals surface area contributed by atoms with Crippen LogP contribution in [-0.2, 0) is 4.79 Å². The summed E-state index contributed by atoms with van der Waals surface area (Å²) in [6.45, 7) is 5.39. The molecule has 4 nitrogen and oxygen atoms in total. The highest BCUT2D eigenvalue weighted by molar-refractivity contribution is 9.10. The van der Waals surface area contributed by atoms with E-state index in [0.717, 1.165) is 41.8 Å². The molecular weight excluding hydrogens is 308 g/mol. The first kappa shape index (κ1) is 14.5. The lowest BCUT2D eigenvalue weighted by Gasteiger charge is -2.36. The fourth-order valence-electron chi connectivity index (χ4n) is 2.42. The minimum Gasteiger partial charge on any atom is -0.480 e. The second-order valence-electron chi connectivity index (χ2n) is 5.10. The molecular formula is C14H19BrN2O2. The van der Waals surface area contributed by atoms with Gasteiger partial charge in [0.05, 0.1) is 0 Å². The molecule has 0 aliphatic carbocycles. The Morgan fingerprint density at radius 3 is 2.47 bits per heavy atom. The first-order chi connectivity index (χ1) is 8.99. The molecule has 0 bridgehead atoms. The lowest BCUT2D eigenvalue weighted by atomic mass is 10.0. The molecule has 104 valence electrons. The molecule has 1 aromatic carbocycles. The summed E-state index contributed by atoms with van der Waals surface area (Å²) >= 11 is 3.49. The fraction of sp³-hybridized carbons (Fsp3) is 0.500. The average molecular weight is 327 g/mol. The summed E-state index contributed by atoms with van der Waals surface area (Å²) < 4.78 is 0.874. The van der Waals surface area contributed by atoms with Crippen molar-refractivity contribution in [3.63, 3.8) is 0 Å². The van der Waals surface area contributed by atoms with Crippen molar-refractivity contribution in [3.05, 3.63) is 33.8 Å². The number of carboxylic acids is 1. The van der Waals surface area contributed by atoms with Crippen LogP contribution in [0.5, 0.6) is 0 Å². The normalized spacial score (nSPS) is 19.3. The van der Waals surface area contributed by atoms with E-state index >= 15 is 0 Å². The van der Waals surface area contributed by atoms with E-state index in [2.05, 4.69) is 27.9 Å². The van der Waals surface area contributed by atoms with Gasteiger partial charge in [-0.2, -0.15) is 0 Å². The third-order valence-corrected chi connectivity index (χ3v) is 4.27. The summed E-state index contributed by atoms with van der Waals surface area (Å²) in [5.74, 6) is -0.783. The zero-order valence-corrected chi connectivity index (χ0v) is 12.9. The number of likely N-dealkylation sites (N-methyl/N-ethyl adjacent to an activating group) is 1. The van der Waals surface area contributed by atoms with Gasteiger partial charge in [0.2, 0.25) is 0 Å². The van der Waals surface area contributed by atoms with Crippen LogP contribution in [0.2, 0.25) is 0 Å². The number of rotatable bonds is 3. The Morgan fingerprint density at radius 2 is 1.95 bits per heavy atom. The van der Waals surface area contributed by atoms with Crippen LogP contribution in [0.1, 0.15) is 17.2 Å². The number of carbonyl (C=O) groups is 1. The molecule has 2 rings (SSSR count). The summed E-state index contributed by atoms with van der Waals surface area (Å²) in [6.07, 6.45) is 0.